The first-order valence-corrected chi connectivity index (χ1v) is 7.91. The van der Waals surface area contributed by atoms with E-state index in [4.69, 9.17) is 35.4 Å². The van der Waals surface area contributed by atoms with Gasteiger partial charge >= 0.3 is 0 Å². The summed E-state index contributed by atoms with van der Waals surface area (Å²) in [4.78, 5) is 11.8. The van der Waals surface area contributed by atoms with Crippen molar-refractivity contribution in [2.75, 3.05) is 5.32 Å². The molecule has 0 aliphatic heterocycles. The molecule has 118 valence electrons. The lowest BCUT2D eigenvalue weighted by Gasteiger charge is -2.08. The SMILES string of the molecule is Cc1ccc(C=CC(=O)NC(=S)Nc2cc(Cl)cc(Cl)c2)cc1. The summed E-state index contributed by atoms with van der Waals surface area (Å²) >= 11 is 16.9. The monoisotopic (exact) mass is 364 g/mol. The lowest BCUT2D eigenvalue weighted by Crippen LogP contribution is -2.32. The Morgan fingerprint density at radius 3 is 2.30 bits per heavy atom. The first kappa shape index (κ1) is 17.5. The van der Waals surface area contributed by atoms with E-state index < -0.39 is 0 Å². The molecule has 23 heavy (non-hydrogen) atoms. The molecular weight excluding hydrogens is 351 g/mol. The highest BCUT2D eigenvalue weighted by atomic mass is 35.5. The lowest BCUT2D eigenvalue weighted by atomic mass is 10.1. The molecular formula is C17H14Cl2N2OS. The Morgan fingerprint density at radius 1 is 1.09 bits per heavy atom. The standard InChI is InChI=1S/C17H14Cl2N2OS/c1-11-2-4-12(5-3-11)6-7-16(22)21-17(23)20-15-9-13(18)8-14(19)10-15/h2-10H,1H3,(H2,20,21,22,23). The highest BCUT2D eigenvalue weighted by Crippen LogP contribution is 2.22. The summed E-state index contributed by atoms with van der Waals surface area (Å²) in [5.41, 5.74) is 2.71. The van der Waals surface area contributed by atoms with E-state index in [0.29, 0.717) is 15.7 Å². The highest BCUT2D eigenvalue weighted by molar-refractivity contribution is 7.80. The van der Waals surface area contributed by atoms with Crippen LogP contribution in [0.15, 0.2) is 48.5 Å². The van der Waals surface area contributed by atoms with E-state index in [1.165, 1.54) is 6.08 Å². The van der Waals surface area contributed by atoms with Crippen molar-refractivity contribution >= 4 is 58.2 Å². The summed E-state index contributed by atoms with van der Waals surface area (Å²) in [7, 11) is 0. The fraction of sp³-hybridized carbons (Fsp3) is 0.0588. The summed E-state index contributed by atoms with van der Waals surface area (Å²) in [5, 5.41) is 6.54. The minimum absolute atomic E-state index is 0.168. The molecule has 0 radical (unpaired) electrons. The molecule has 2 N–H and O–H groups in total. The number of thiocarbonyl (C=S) groups is 1. The predicted molar refractivity (Wildman–Crippen MR) is 101 cm³/mol. The second kappa shape index (κ2) is 8.11. The summed E-state index contributed by atoms with van der Waals surface area (Å²) in [6.45, 7) is 2.01. The third-order valence-corrected chi connectivity index (χ3v) is 3.50. The van der Waals surface area contributed by atoms with Gasteiger partial charge in [0, 0.05) is 21.8 Å². The first-order valence-electron chi connectivity index (χ1n) is 6.75. The minimum Gasteiger partial charge on any atom is -0.332 e. The zero-order valence-electron chi connectivity index (χ0n) is 12.3. The Bertz CT molecular complexity index is 737. The van der Waals surface area contributed by atoms with E-state index in [-0.39, 0.29) is 11.0 Å². The van der Waals surface area contributed by atoms with Crippen LogP contribution in [0.5, 0.6) is 0 Å². The molecule has 0 bridgehead atoms. The first-order chi connectivity index (χ1) is 10.9. The van der Waals surface area contributed by atoms with Crippen molar-refractivity contribution in [2.45, 2.75) is 6.92 Å². The molecule has 0 fully saturated rings. The van der Waals surface area contributed by atoms with Crippen LogP contribution < -0.4 is 10.6 Å². The third kappa shape index (κ3) is 6.02. The van der Waals surface area contributed by atoms with Gasteiger partial charge in [-0.1, -0.05) is 53.0 Å². The number of rotatable bonds is 3. The number of halogens is 2. The number of anilines is 1. The molecule has 0 saturated carbocycles. The number of benzene rings is 2. The Morgan fingerprint density at radius 2 is 1.70 bits per heavy atom. The van der Waals surface area contributed by atoms with E-state index >= 15 is 0 Å². The van der Waals surface area contributed by atoms with Crippen LogP contribution >= 0.6 is 35.4 Å². The number of carbonyl (C=O) groups excluding carboxylic acids is 1. The van der Waals surface area contributed by atoms with Gasteiger partial charge in [-0.15, -0.1) is 0 Å². The van der Waals surface area contributed by atoms with E-state index in [1.807, 2.05) is 31.2 Å². The van der Waals surface area contributed by atoms with E-state index in [9.17, 15) is 4.79 Å². The minimum atomic E-state index is -0.323. The van der Waals surface area contributed by atoms with Crippen molar-refractivity contribution in [1.82, 2.24) is 5.32 Å². The van der Waals surface area contributed by atoms with Crippen LogP contribution in [-0.4, -0.2) is 11.0 Å². The van der Waals surface area contributed by atoms with E-state index in [0.717, 1.165) is 11.1 Å². The molecule has 3 nitrogen and oxygen atoms in total. The van der Waals surface area contributed by atoms with Gasteiger partial charge in [0.1, 0.15) is 0 Å². The molecule has 0 aliphatic carbocycles. The molecule has 0 saturated heterocycles. The summed E-state index contributed by atoms with van der Waals surface area (Å²) < 4.78 is 0. The van der Waals surface area contributed by atoms with Crippen molar-refractivity contribution in [2.24, 2.45) is 0 Å². The second-order valence-electron chi connectivity index (χ2n) is 4.85. The van der Waals surface area contributed by atoms with Crippen molar-refractivity contribution in [3.8, 4) is 0 Å². The van der Waals surface area contributed by atoms with E-state index in [2.05, 4.69) is 10.6 Å². The Labute approximate surface area is 150 Å². The molecule has 1 amide bonds. The molecule has 0 unspecified atom stereocenters. The zero-order chi connectivity index (χ0) is 16.8. The van der Waals surface area contributed by atoms with Crippen LogP contribution in [-0.2, 0) is 4.79 Å². The number of nitrogens with one attached hydrogen (secondary N) is 2. The van der Waals surface area contributed by atoms with E-state index in [1.54, 1.807) is 24.3 Å². The number of carbonyl (C=O) groups is 1. The quantitative estimate of drug-likeness (QED) is 0.605. The number of aryl methyl sites for hydroxylation is 1. The largest absolute Gasteiger partial charge is 0.332 e. The summed E-state index contributed by atoms with van der Waals surface area (Å²) in [6.07, 6.45) is 3.14. The summed E-state index contributed by atoms with van der Waals surface area (Å²) in [5.74, 6) is -0.323. The van der Waals surface area contributed by atoms with Gasteiger partial charge in [-0.2, -0.15) is 0 Å². The molecule has 2 rings (SSSR count). The Hall–Kier alpha value is -1.88. The molecule has 0 atom stereocenters. The Kier molecular flexibility index (Phi) is 6.16. The molecule has 6 heteroatoms. The smallest absolute Gasteiger partial charge is 0.250 e. The molecule has 0 aliphatic rings. The topological polar surface area (TPSA) is 41.1 Å². The zero-order valence-corrected chi connectivity index (χ0v) is 14.6. The van der Waals surface area contributed by atoms with Crippen LogP contribution in [0.3, 0.4) is 0 Å². The van der Waals surface area contributed by atoms with Crippen LogP contribution in [0.2, 0.25) is 10.0 Å². The molecule has 0 spiro atoms. The maximum Gasteiger partial charge on any atom is 0.250 e. The Balaban J connectivity index is 1.91. The second-order valence-corrected chi connectivity index (χ2v) is 6.13. The normalized spacial score (nSPS) is 10.6. The third-order valence-electron chi connectivity index (χ3n) is 2.86. The predicted octanol–water partition coefficient (Wildman–Crippen LogP) is 4.83. The maximum absolute atomic E-state index is 11.8. The van der Waals surface area contributed by atoms with Gasteiger partial charge in [0.05, 0.1) is 0 Å². The van der Waals surface area contributed by atoms with Gasteiger partial charge < -0.3 is 5.32 Å². The van der Waals surface area contributed by atoms with Crippen molar-refractivity contribution in [3.63, 3.8) is 0 Å². The van der Waals surface area contributed by atoms with Crippen LogP contribution in [0, 0.1) is 6.92 Å². The molecule has 0 heterocycles. The highest BCUT2D eigenvalue weighted by Gasteiger charge is 2.03. The van der Waals surface area contributed by atoms with Crippen molar-refractivity contribution in [3.05, 3.63) is 69.7 Å². The average molecular weight is 365 g/mol. The van der Waals surface area contributed by atoms with Gasteiger partial charge in [0.25, 0.3) is 0 Å². The molecule has 2 aromatic rings. The van der Waals surface area contributed by atoms with Gasteiger partial charge in [0.15, 0.2) is 5.11 Å². The van der Waals surface area contributed by atoms with Crippen LogP contribution in [0.4, 0.5) is 5.69 Å². The molecule has 0 aromatic heterocycles. The number of hydrogen-bond donors (Lipinski definition) is 2. The van der Waals surface area contributed by atoms with Gasteiger partial charge in [0.2, 0.25) is 5.91 Å². The van der Waals surface area contributed by atoms with Gasteiger partial charge in [-0.3, -0.25) is 10.1 Å². The number of hydrogen-bond acceptors (Lipinski definition) is 2. The lowest BCUT2D eigenvalue weighted by molar-refractivity contribution is -0.115. The molecule has 2 aromatic carbocycles. The number of amides is 1. The van der Waals surface area contributed by atoms with Crippen molar-refractivity contribution in [1.29, 1.82) is 0 Å². The van der Waals surface area contributed by atoms with Crippen LogP contribution in [0.1, 0.15) is 11.1 Å². The van der Waals surface area contributed by atoms with Crippen molar-refractivity contribution < 1.29 is 4.79 Å². The summed E-state index contributed by atoms with van der Waals surface area (Å²) in [6, 6.07) is 12.8. The van der Waals surface area contributed by atoms with Gasteiger partial charge in [-0.05, 0) is 49.0 Å². The maximum atomic E-state index is 11.8. The fourth-order valence-electron chi connectivity index (χ4n) is 1.79. The van der Waals surface area contributed by atoms with Crippen LogP contribution in [0.25, 0.3) is 6.08 Å². The average Bonchev–Trinajstić information content (AvgIpc) is 2.45. The van der Waals surface area contributed by atoms with Gasteiger partial charge in [-0.25, -0.2) is 0 Å². The fourth-order valence-corrected chi connectivity index (χ4v) is 2.54.